The summed E-state index contributed by atoms with van der Waals surface area (Å²) in [6.07, 6.45) is 2.97. The number of aromatic nitrogens is 4. The molecule has 2 aliphatic heterocycles. The van der Waals surface area contributed by atoms with Gasteiger partial charge in [-0.05, 0) is 70.7 Å². The molecule has 6 aromatic rings. The molecular formula is C41H43N7O5. The molecule has 1 fully saturated rings. The van der Waals surface area contributed by atoms with Gasteiger partial charge in [-0.15, -0.1) is 0 Å². The maximum Gasteiger partial charge on any atom is 0.407 e. The molecule has 3 atom stereocenters. The van der Waals surface area contributed by atoms with Crippen LogP contribution in [0.2, 0.25) is 0 Å². The number of amides is 2. The molecule has 0 unspecified atom stereocenters. The van der Waals surface area contributed by atoms with Gasteiger partial charge in [-0.1, -0.05) is 55.5 Å². The van der Waals surface area contributed by atoms with Crippen LogP contribution in [0.4, 0.5) is 4.79 Å². The molecule has 2 aliphatic rings. The lowest BCUT2D eigenvalue weighted by Crippen LogP contribution is -2.43. The van der Waals surface area contributed by atoms with Crippen LogP contribution < -0.4 is 15.4 Å². The first-order valence-electron chi connectivity index (χ1n) is 18.1. The lowest BCUT2D eigenvalue weighted by molar-refractivity contribution is -0.134. The zero-order chi connectivity index (χ0) is 36.5. The van der Waals surface area contributed by atoms with Crippen LogP contribution >= 0.6 is 0 Å². The summed E-state index contributed by atoms with van der Waals surface area (Å²) in [5, 5.41) is 8.28. The van der Waals surface area contributed by atoms with Gasteiger partial charge >= 0.3 is 6.09 Å². The Morgan fingerprint density at radius 2 is 1.91 bits per heavy atom. The van der Waals surface area contributed by atoms with Crippen molar-refractivity contribution in [3.63, 3.8) is 0 Å². The van der Waals surface area contributed by atoms with Crippen molar-refractivity contribution in [1.82, 2.24) is 35.5 Å². The molecule has 12 nitrogen and oxygen atoms in total. The second-order valence-electron chi connectivity index (χ2n) is 13.8. The van der Waals surface area contributed by atoms with Crippen LogP contribution in [0.3, 0.4) is 0 Å². The minimum Gasteiger partial charge on any atom is -0.488 e. The van der Waals surface area contributed by atoms with Gasteiger partial charge in [0.25, 0.3) is 0 Å². The van der Waals surface area contributed by atoms with Gasteiger partial charge in [-0.2, -0.15) is 0 Å². The average Bonchev–Trinajstić information content (AvgIpc) is 3.96. The number of fused-ring (bicyclic) bond motifs is 6. The molecule has 0 spiro atoms. The van der Waals surface area contributed by atoms with Crippen LogP contribution in [0.5, 0.6) is 5.75 Å². The fraction of sp³-hybridized carbons (Fsp3) is 0.317. The monoisotopic (exact) mass is 713 g/mol. The van der Waals surface area contributed by atoms with E-state index in [9.17, 15) is 9.59 Å². The largest absolute Gasteiger partial charge is 0.488 e. The smallest absolute Gasteiger partial charge is 0.407 e. The number of carbonyl (C=O) groups is 2. The zero-order valence-corrected chi connectivity index (χ0v) is 30.1. The number of nitrogens with one attached hydrogen (secondary N) is 4. The molecule has 4 N–H and O–H groups in total. The fourth-order valence-corrected chi connectivity index (χ4v) is 7.63. The third-order valence-electron chi connectivity index (χ3n) is 10.2. The number of hydrogen-bond acceptors (Lipinski definition) is 8. The first kappa shape index (κ1) is 34.4. The quantitative estimate of drug-likeness (QED) is 0.115. The summed E-state index contributed by atoms with van der Waals surface area (Å²) in [6, 6.07) is 23.3. The summed E-state index contributed by atoms with van der Waals surface area (Å²) in [7, 11) is 3.03. The number of benzene rings is 4. The second-order valence-corrected chi connectivity index (χ2v) is 13.8. The summed E-state index contributed by atoms with van der Waals surface area (Å²) < 4.78 is 16.6. The van der Waals surface area contributed by atoms with Crippen molar-refractivity contribution >= 4 is 33.8 Å². The normalized spacial score (nSPS) is 16.9. The average molecular weight is 714 g/mol. The fourth-order valence-electron chi connectivity index (χ4n) is 7.63. The number of imidazole rings is 2. The van der Waals surface area contributed by atoms with Gasteiger partial charge in [0.1, 0.15) is 30.0 Å². The van der Waals surface area contributed by atoms with E-state index in [2.05, 4.69) is 57.0 Å². The molecule has 2 amide bonds. The third-order valence-corrected chi connectivity index (χ3v) is 10.2. The van der Waals surface area contributed by atoms with Gasteiger partial charge in [0.2, 0.25) is 5.91 Å². The molecule has 0 radical (unpaired) electrons. The standard InChI is InChI=1S/C41H43N7O5/c1-4-14-48(40(49)37(47-41(50)52-3)25-8-6-5-7-9-25)21-36-44-32-13-11-26-17-31-29-12-10-27(16-28(29)23-53-35(31)18-30(26)38(32)46-36)34-20-43-39(45-34)33-15-24(19-42-33)22-51-2/h5-13,16-18,20,24,33,37,42H,4,14-15,19,21-23H2,1-3H3,(H,43,45)(H,44,46)(H,47,50)/t24-,33-,37+/m0/s1. The van der Waals surface area contributed by atoms with Gasteiger partial charge in [0, 0.05) is 31.1 Å². The highest BCUT2D eigenvalue weighted by Crippen LogP contribution is 2.42. The second kappa shape index (κ2) is 14.7. The lowest BCUT2D eigenvalue weighted by atomic mass is 9.92. The molecule has 53 heavy (non-hydrogen) atoms. The van der Waals surface area contributed by atoms with Gasteiger partial charge in [-0.3, -0.25) is 4.79 Å². The molecule has 2 aromatic heterocycles. The topological polar surface area (TPSA) is 146 Å². The Morgan fingerprint density at radius 3 is 2.72 bits per heavy atom. The predicted molar refractivity (Wildman–Crippen MR) is 202 cm³/mol. The van der Waals surface area contributed by atoms with Gasteiger partial charge < -0.3 is 39.7 Å². The van der Waals surface area contributed by atoms with Crippen LogP contribution in [-0.2, 0) is 27.4 Å². The van der Waals surface area contributed by atoms with E-state index in [1.165, 1.54) is 7.11 Å². The summed E-state index contributed by atoms with van der Waals surface area (Å²) in [4.78, 5) is 44.6. The molecule has 272 valence electrons. The Kier molecular flexibility index (Phi) is 9.55. The molecule has 0 aliphatic carbocycles. The van der Waals surface area contributed by atoms with Gasteiger partial charge in [-0.25, -0.2) is 14.8 Å². The van der Waals surface area contributed by atoms with E-state index in [1.54, 1.807) is 12.0 Å². The number of ether oxygens (including phenoxy) is 3. The number of rotatable bonds is 11. The molecule has 4 heterocycles. The minimum absolute atomic E-state index is 0.196. The maximum atomic E-state index is 14.0. The lowest BCUT2D eigenvalue weighted by Gasteiger charge is -2.27. The van der Waals surface area contributed by atoms with E-state index in [-0.39, 0.29) is 18.5 Å². The first-order valence-corrected chi connectivity index (χ1v) is 18.1. The van der Waals surface area contributed by atoms with Crippen LogP contribution in [-0.4, -0.2) is 70.8 Å². The Balaban J connectivity index is 1.05. The number of hydrogen-bond donors (Lipinski definition) is 4. The van der Waals surface area contributed by atoms with E-state index in [1.807, 2.05) is 49.5 Å². The third kappa shape index (κ3) is 6.83. The number of methoxy groups -OCH3 is 2. The van der Waals surface area contributed by atoms with Crippen LogP contribution in [0.1, 0.15) is 54.6 Å². The van der Waals surface area contributed by atoms with Gasteiger partial charge in [0.15, 0.2) is 0 Å². The molecule has 1 saturated heterocycles. The molecule has 0 saturated carbocycles. The predicted octanol–water partition coefficient (Wildman–Crippen LogP) is 6.80. The summed E-state index contributed by atoms with van der Waals surface area (Å²) >= 11 is 0. The van der Waals surface area contributed by atoms with E-state index >= 15 is 0 Å². The highest BCUT2D eigenvalue weighted by Gasteiger charge is 2.30. The Labute approximate surface area is 307 Å². The minimum atomic E-state index is -0.899. The maximum absolute atomic E-state index is 14.0. The van der Waals surface area contributed by atoms with E-state index in [0.29, 0.717) is 30.5 Å². The Hall–Kier alpha value is -5.72. The number of carbonyl (C=O) groups excluding carboxylic acids is 2. The molecule has 12 heteroatoms. The molecule has 4 aromatic carbocycles. The van der Waals surface area contributed by atoms with E-state index in [4.69, 9.17) is 24.2 Å². The van der Waals surface area contributed by atoms with E-state index < -0.39 is 12.1 Å². The van der Waals surface area contributed by atoms with Crippen LogP contribution in [0.15, 0.2) is 79.0 Å². The Bertz CT molecular complexity index is 2280. The number of alkyl carbamates (subject to hydrolysis) is 1. The first-order chi connectivity index (χ1) is 25.9. The summed E-state index contributed by atoms with van der Waals surface area (Å²) in [6.45, 7) is 4.87. The van der Waals surface area contributed by atoms with Gasteiger partial charge in [0.05, 0.1) is 49.2 Å². The zero-order valence-electron chi connectivity index (χ0n) is 30.1. The summed E-state index contributed by atoms with van der Waals surface area (Å²) in [5.41, 5.74) is 7.69. The number of H-pyrrole nitrogens is 2. The van der Waals surface area contributed by atoms with Crippen molar-refractivity contribution < 1.29 is 23.8 Å². The van der Waals surface area contributed by atoms with Crippen molar-refractivity contribution in [1.29, 1.82) is 0 Å². The SMILES string of the molecule is CCCN(Cc1nc2c(ccc3cc4c(cc32)OCc2cc(-c3cnc([C@@H]5C[C@H](COC)CN5)[nH]3)ccc2-4)[nH]1)C(=O)[C@H](NC(=O)OC)c1ccccc1. The van der Waals surface area contributed by atoms with Crippen molar-refractivity contribution in [2.75, 3.05) is 33.9 Å². The molecule has 0 bridgehead atoms. The van der Waals surface area contributed by atoms with Crippen LogP contribution in [0.25, 0.3) is 44.2 Å². The van der Waals surface area contributed by atoms with Crippen molar-refractivity contribution in [2.45, 2.75) is 45.0 Å². The van der Waals surface area contributed by atoms with Crippen molar-refractivity contribution in [2.24, 2.45) is 5.92 Å². The van der Waals surface area contributed by atoms with E-state index in [0.717, 1.165) is 87.3 Å². The Morgan fingerprint density at radius 1 is 1.04 bits per heavy atom. The highest BCUT2D eigenvalue weighted by atomic mass is 16.5. The summed E-state index contributed by atoms with van der Waals surface area (Å²) in [5.74, 6) is 2.65. The number of nitrogens with zero attached hydrogens (tertiary/aromatic N) is 3. The van der Waals surface area contributed by atoms with Crippen LogP contribution in [0, 0.1) is 5.92 Å². The number of aromatic amines is 2. The van der Waals surface area contributed by atoms with Crippen molar-refractivity contribution in [3.05, 3.63) is 102 Å². The van der Waals surface area contributed by atoms with Crippen molar-refractivity contribution in [3.8, 4) is 28.1 Å². The molecular weight excluding hydrogens is 670 g/mol. The highest BCUT2D eigenvalue weighted by molar-refractivity contribution is 6.07. The molecule has 8 rings (SSSR count).